The molecule has 39 heavy (non-hydrogen) atoms. The van der Waals surface area contributed by atoms with Crippen LogP contribution in [0.1, 0.15) is 22.3 Å². The zero-order valence-electron chi connectivity index (χ0n) is 28.2. The van der Waals surface area contributed by atoms with E-state index >= 15 is 0 Å². The molecule has 218 valence electrons. The van der Waals surface area contributed by atoms with Crippen LogP contribution in [0.25, 0.3) is 0 Å². The number of hydrogen-bond donors (Lipinski definition) is 0. The third kappa shape index (κ3) is 6.10. The summed E-state index contributed by atoms with van der Waals surface area (Å²) in [6.07, 6.45) is 0. The summed E-state index contributed by atoms with van der Waals surface area (Å²) in [6.45, 7) is 41.1. The van der Waals surface area contributed by atoms with E-state index in [4.69, 9.17) is 4.43 Å². The molecule has 0 aliphatic carbocycles. The summed E-state index contributed by atoms with van der Waals surface area (Å²) in [7, 11) is -5.87. The van der Waals surface area contributed by atoms with Crippen LogP contribution < -0.4 is 19.4 Å². The highest BCUT2D eigenvalue weighted by molar-refractivity contribution is 7.87. The van der Waals surface area contributed by atoms with Crippen molar-refractivity contribution in [1.82, 2.24) is 0 Å². The minimum absolute atomic E-state index is 0.952. The third-order valence-electron chi connectivity index (χ3n) is 8.87. The van der Waals surface area contributed by atoms with Crippen LogP contribution in [0, 0.1) is 27.7 Å². The molecule has 0 saturated carbocycles. The Bertz CT molecular complexity index is 1130. The molecule has 0 radical (unpaired) electrons. The molecule has 0 aromatic heterocycles. The van der Waals surface area contributed by atoms with Gasteiger partial charge in [-0.15, -0.1) is 0 Å². The Labute approximate surface area is 245 Å². The van der Waals surface area contributed by atoms with Crippen LogP contribution in [-0.4, -0.2) is 57.5 Å². The normalized spacial score (nSPS) is 15.8. The Morgan fingerprint density at radius 3 is 1.18 bits per heavy atom. The lowest BCUT2D eigenvalue weighted by Crippen LogP contribution is -2.86. The summed E-state index contributed by atoms with van der Waals surface area (Å²) in [4.78, 5) is 5.20. The van der Waals surface area contributed by atoms with Gasteiger partial charge >= 0.3 is 0 Å². The highest BCUT2D eigenvalue weighted by atomic mass is 29.9. The number of nitrogens with zero attached hydrogens (tertiary/aromatic N) is 2. The molecule has 1 aliphatic rings. The molecule has 0 bridgehead atoms. The van der Waals surface area contributed by atoms with Crippen LogP contribution in [-0.2, 0) is 0 Å². The summed E-state index contributed by atoms with van der Waals surface area (Å²) in [5, 5.41) is 1.56. The van der Waals surface area contributed by atoms with E-state index in [2.05, 4.69) is 140 Å². The molecular weight excluding hydrogens is 557 g/mol. The lowest BCUT2D eigenvalue weighted by Gasteiger charge is -2.55. The molecule has 0 spiro atoms. The topological polar surface area (TPSA) is 15.7 Å². The predicted octanol–water partition coefficient (Wildman–Crippen LogP) is 8.32. The summed E-state index contributed by atoms with van der Waals surface area (Å²) < 4.78 is 7.53. The van der Waals surface area contributed by atoms with Gasteiger partial charge in [-0.05, 0) is 62.1 Å². The van der Waals surface area contributed by atoms with Crippen LogP contribution in [0.2, 0.25) is 78.6 Å². The Balaban J connectivity index is 1.96. The Morgan fingerprint density at radius 1 is 0.538 bits per heavy atom. The first-order valence-electron chi connectivity index (χ1n) is 14.9. The van der Waals surface area contributed by atoms with E-state index < -0.39 is 37.7 Å². The molecule has 8 heteroatoms. The van der Waals surface area contributed by atoms with Gasteiger partial charge in [-0.25, -0.2) is 0 Å². The number of anilines is 2. The fraction of sp³-hybridized carbons (Fsp3) is 0.613. The summed E-state index contributed by atoms with van der Waals surface area (Å²) in [6, 6.07) is 9.69. The molecule has 0 atom stereocenters. The largest absolute Gasteiger partial charge is 0.552 e. The molecule has 2 aromatic carbocycles. The van der Waals surface area contributed by atoms with Crippen LogP contribution >= 0.6 is 0 Å². The van der Waals surface area contributed by atoms with E-state index in [1.54, 1.807) is 5.19 Å². The second kappa shape index (κ2) is 10.6. The predicted molar refractivity (Wildman–Crippen MR) is 191 cm³/mol. The smallest absolute Gasteiger partial charge is 0.206 e. The molecule has 0 amide bonds. The molecule has 0 unspecified atom stereocenters. The van der Waals surface area contributed by atoms with Gasteiger partial charge in [0, 0.05) is 24.5 Å². The van der Waals surface area contributed by atoms with Crippen molar-refractivity contribution in [3.05, 3.63) is 46.5 Å². The minimum atomic E-state index is -1.92. The second-order valence-corrected chi connectivity index (χ2v) is 60.8. The van der Waals surface area contributed by atoms with Crippen molar-refractivity contribution < 1.29 is 4.43 Å². The van der Waals surface area contributed by atoms with Gasteiger partial charge in [0.25, 0.3) is 0 Å². The van der Waals surface area contributed by atoms with Crippen molar-refractivity contribution in [3.8, 4) is 5.75 Å². The SMILES string of the molecule is Cc1cc(O[Si]([Si](C)(C)C)([Si](C)(C)C)[Si](C)(C)C)cc(C)c1N1CCN(c2c(C)cc([Si](C)(C)C)cc2C)C1. The summed E-state index contributed by atoms with van der Waals surface area (Å²) in [5.41, 5.74) is 8.41. The summed E-state index contributed by atoms with van der Waals surface area (Å²) in [5.74, 6) is 1.15. The molecule has 0 N–H and O–H groups in total. The first-order valence-corrected chi connectivity index (χ1v) is 33.8. The van der Waals surface area contributed by atoms with Crippen molar-refractivity contribution in [3.63, 3.8) is 0 Å². The monoisotopic (exact) mass is 614 g/mol. The zero-order valence-corrected chi connectivity index (χ0v) is 33.2. The van der Waals surface area contributed by atoms with E-state index in [1.165, 1.54) is 33.6 Å². The minimum Gasteiger partial charge on any atom is -0.552 e. The highest BCUT2D eigenvalue weighted by Gasteiger charge is 2.65. The van der Waals surface area contributed by atoms with Gasteiger partial charge in [-0.3, -0.25) is 0 Å². The van der Waals surface area contributed by atoms with Gasteiger partial charge in [-0.2, -0.15) is 0 Å². The van der Waals surface area contributed by atoms with Gasteiger partial charge in [0.15, 0.2) is 0 Å². The highest BCUT2D eigenvalue weighted by Crippen LogP contribution is 2.41. The maximum absolute atomic E-state index is 7.53. The molecule has 2 aromatic rings. The maximum atomic E-state index is 7.53. The lowest BCUT2D eigenvalue weighted by atomic mass is 10.1. The Kier molecular flexibility index (Phi) is 8.85. The quantitative estimate of drug-likeness (QED) is 0.278. The average molecular weight is 615 g/mol. The number of hydrogen-bond acceptors (Lipinski definition) is 3. The van der Waals surface area contributed by atoms with Crippen molar-refractivity contribution in [2.75, 3.05) is 29.6 Å². The van der Waals surface area contributed by atoms with Crippen molar-refractivity contribution in [2.45, 2.75) is 106 Å². The molecule has 3 rings (SSSR count). The van der Waals surface area contributed by atoms with E-state index in [1.807, 2.05) is 0 Å². The zero-order chi connectivity index (χ0) is 29.9. The molecule has 1 heterocycles. The number of benzene rings is 2. The van der Waals surface area contributed by atoms with E-state index in [0.717, 1.165) is 25.5 Å². The van der Waals surface area contributed by atoms with E-state index in [0.29, 0.717) is 0 Å². The molecular formula is C31H58N2OSi5. The van der Waals surface area contributed by atoms with Gasteiger partial charge in [0.1, 0.15) is 5.75 Å². The van der Waals surface area contributed by atoms with Gasteiger partial charge in [0.2, 0.25) is 6.87 Å². The van der Waals surface area contributed by atoms with Crippen LogP contribution in [0.4, 0.5) is 11.4 Å². The fourth-order valence-electron chi connectivity index (χ4n) is 8.33. The fourth-order valence-corrected chi connectivity index (χ4v) is 103. The first kappa shape index (κ1) is 32.4. The molecule has 1 fully saturated rings. The van der Waals surface area contributed by atoms with Crippen LogP contribution in [0.3, 0.4) is 0 Å². The Hall–Kier alpha value is -1.08. The van der Waals surface area contributed by atoms with Gasteiger partial charge in [-0.1, -0.05) is 95.9 Å². The van der Waals surface area contributed by atoms with Gasteiger partial charge < -0.3 is 14.2 Å². The Morgan fingerprint density at radius 2 is 0.872 bits per heavy atom. The number of rotatable bonds is 8. The third-order valence-corrected chi connectivity index (χ3v) is 78.2. The standard InChI is InChI=1S/C31H58N2OSi5/c1-24-19-28(34-39(36(8,9)10,37(11,12)13)38(14,15)16)20-25(2)30(24)32-17-18-33(23-32)31-26(3)21-29(22-27(31)4)35(5,6)7/h19-22H,17-18,23H2,1-16H3. The number of aryl methyl sites for hydroxylation is 4. The van der Waals surface area contributed by atoms with Crippen LogP contribution in [0.15, 0.2) is 24.3 Å². The molecule has 1 saturated heterocycles. The van der Waals surface area contributed by atoms with Crippen molar-refractivity contribution in [1.29, 1.82) is 0 Å². The van der Waals surface area contributed by atoms with Gasteiger partial charge in [0.05, 0.1) is 37.5 Å². The second-order valence-electron chi connectivity index (χ2n) is 16.3. The van der Waals surface area contributed by atoms with Crippen molar-refractivity contribution in [2.24, 2.45) is 0 Å². The average Bonchev–Trinajstić information content (AvgIpc) is 3.16. The first-order chi connectivity index (χ1) is 17.5. The molecule has 3 nitrogen and oxygen atoms in total. The lowest BCUT2D eigenvalue weighted by molar-refractivity contribution is 0.585. The van der Waals surface area contributed by atoms with Crippen LogP contribution in [0.5, 0.6) is 5.75 Å². The van der Waals surface area contributed by atoms with Crippen molar-refractivity contribution >= 4 is 54.3 Å². The maximum Gasteiger partial charge on any atom is 0.206 e. The summed E-state index contributed by atoms with van der Waals surface area (Å²) >= 11 is 0. The van der Waals surface area contributed by atoms with E-state index in [-0.39, 0.29) is 0 Å². The molecule has 1 aliphatic heterocycles. The van der Waals surface area contributed by atoms with E-state index in [9.17, 15) is 0 Å².